The number of ketones is 1. The zero-order valence-corrected chi connectivity index (χ0v) is 21.9. The van der Waals surface area contributed by atoms with Gasteiger partial charge < -0.3 is 15.6 Å². The molecule has 0 amide bonds. The smallest absolute Gasteiger partial charge is 0.311 e. The largest absolute Gasteiger partial charge is 0.481 e. The van der Waals surface area contributed by atoms with Gasteiger partial charge in [-0.3, -0.25) is 14.4 Å². The molecule has 0 heterocycles. The van der Waals surface area contributed by atoms with Crippen molar-refractivity contribution in [3.63, 3.8) is 0 Å². The summed E-state index contributed by atoms with van der Waals surface area (Å²) in [6.45, 7) is 10.7. The molecule has 36 heavy (non-hydrogen) atoms. The van der Waals surface area contributed by atoms with Crippen LogP contribution in [0, 0.1) is 5.41 Å². The molecule has 6 nitrogen and oxygen atoms in total. The highest BCUT2D eigenvalue weighted by Crippen LogP contribution is 2.40. The van der Waals surface area contributed by atoms with Gasteiger partial charge in [0.25, 0.3) is 0 Å². The summed E-state index contributed by atoms with van der Waals surface area (Å²) in [4.78, 5) is 34.9. The van der Waals surface area contributed by atoms with E-state index in [2.05, 4.69) is 39.8 Å². The van der Waals surface area contributed by atoms with Crippen LogP contribution in [0.15, 0.2) is 76.9 Å². The van der Waals surface area contributed by atoms with Gasteiger partial charge in [-0.1, -0.05) is 55.4 Å². The first kappa shape index (κ1) is 28.6. The molecule has 0 fully saturated rings. The maximum absolute atomic E-state index is 12.6. The second kappa shape index (κ2) is 12.9. The molecule has 3 N–H and O–H groups in total. The van der Waals surface area contributed by atoms with E-state index in [9.17, 15) is 14.4 Å². The summed E-state index contributed by atoms with van der Waals surface area (Å²) in [5.41, 5.74) is 11.4. The number of allylic oxidation sites excluding steroid dienone is 10. The third kappa shape index (κ3) is 8.84. The molecule has 0 spiro atoms. The molecule has 0 unspecified atom stereocenters. The van der Waals surface area contributed by atoms with Gasteiger partial charge in [0.2, 0.25) is 0 Å². The van der Waals surface area contributed by atoms with Crippen LogP contribution in [0.3, 0.4) is 0 Å². The molecule has 0 atom stereocenters. The fourth-order valence-electron chi connectivity index (χ4n) is 4.15. The Labute approximate surface area is 213 Å². The number of carbonyl (C=O) groups is 3. The number of carboxylic acid groups (broad SMARTS) is 1. The number of nitrogen functional groups attached to an aromatic ring is 1. The zero-order chi connectivity index (χ0) is 26.9. The lowest BCUT2D eigenvalue weighted by Gasteiger charge is -2.32. The SMILES string of the molecule is CC1=C(/C=C/C(C)=C/C=C/C(C)=C/C(=O)c2ccc(OC(=O)CCC(=O)O)c(N)c2)C(C)(C)CCC1. The van der Waals surface area contributed by atoms with Crippen molar-refractivity contribution in [2.75, 3.05) is 5.73 Å². The predicted octanol–water partition coefficient (Wildman–Crippen LogP) is 6.75. The molecule has 2 rings (SSSR count). The third-order valence-corrected chi connectivity index (χ3v) is 6.19. The van der Waals surface area contributed by atoms with E-state index >= 15 is 0 Å². The number of hydrogen-bond acceptors (Lipinski definition) is 5. The molecular formula is C30H37NO5. The van der Waals surface area contributed by atoms with E-state index in [4.69, 9.17) is 15.6 Å². The Hall–Kier alpha value is -3.67. The van der Waals surface area contributed by atoms with Gasteiger partial charge in [0.15, 0.2) is 11.5 Å². The van der Waals surface area contributed by atoms with E-state index in [0.29, 0.717) is 5.56 Å². The van der Waals surface area contributed by atoms with E-state index in [1.165, 1.54) is 48.3 Å². The third-order valence-electron chi connectivity index (χ3n) is 6.19. The van der Waals surface area contributed by atoms with Crippen LogP contribution in [0.2, 0.25) is 0 Å². The van der Waals surface area contributed by atoms with Crippen LogP contribution in [0.4, 0.5) is 5.69 Å². The number of carboxylic acids is 1. The Bertz CT molecular complexity index is 1160. The molecule has 1 aliphatic rings. The maximum atomic E-state index is 12.6. The monoisotopic (exact) mass is 491 g/mol. The van der Waals surface area contributed by atoms with Crippen LogP contribution in [-0.4, -0.2) is 22.8 Å². The minimum atomic E-state index is -1.09. The lowest BCUT2D eigenvalue weighted by Crippen LogP contribution is -2.19. The maximum Gasteiger partial charge on any atom is 0.311 e. The lowest BCUT2D eigenvalue weighted by atomic mass is 9.72. The van der Waals surface area contributed by atoms with Crippen LogP contribution < -0.4 is 10.5 Å². The highest BCUT2D eigenvalue weighted by atomic mass is 16.5. The van der Waals surface area contributed by atoms with Crippen LogP contribution in [0.5, 0.6) is 5.75 Å². The summed E-state index contributed by atoms with van der Waals surface area (Å²) in [6.07, 6.45) is 14.7. The first-order valence-corrected chi connectivity index (χ1v) is 12.2. The van der Waals surface area contributed by atoms with Crippen molar-refractivity contribution in [3.05, 3.63) is 82.5 Å². The van der Waals surface area contributed by atoms with Crippen molar-refractivity contribution in [2.45, 2.75) is 66.7 Å². The number of nitrogens with two attached hydrogens (primary N) is 1. The van der Waals surface area contributed by atoms with Gasteiger partial charge in [0, 0.05) is 5.56 Å². The minimum Gasteiger partial charge on any atom is -0.481 e. The van der Waals surface area contributed by atoms with Gasteiger partial charge in [-0.05, 0) is 80.9 Å². The van der Waals surface area contributed by atoms with E-state index in [1.807, 2.05) is 25.2 Å². The second-order valence-corrected chi connectivity index (χ2v) is 9.91. The number of benzene rings is 1. The minimum absolute atomic E-state index is 0.0961. The van der Waals surface area contributed by atoms with Gasteiger partial charge in [-0.2, -0.15) is 0 Å². The summed E-state index contributed by atoms with van der Waals surface area (Å²) in [5.74, 6) is -1.92. The molecule has 1 aromatic rings. The molecule has 192 valence electrons. The fraction of sp³-hybridized carbons (Fsp3) is 0.367. The molecular weight excluding hydrogens is 454 g/mol. The van der Waals surface area contributed by atoms with Crippen molar-refractivity contribution in [2.24, 2.45) is 5.41 Å². The number of aliphatic carboxylic acids is 1. The summed E-state index contributed by atoms with van der Waals surface area (Å²) >= 11 is 0. The van der Waals surface area contributed by atoms with E-state index in [-0.39, 0.29) is 35.5 Å². The molecule has 1 aliphatic carbocycles. The van der Waals surface area contributed by atoms with Crippen molar-refractivity contribution < 1.29 is 24.2 Å². The normalized spacial score (nSPS) is 16.6. The van der Waals surface area contributed by atoms with Gasteiger partial charge in [-0.25, -0.2) is 0 Å². The molecule has 6 heteroatoms. The van der Waals surface area contributed by atoms with Gasteiger partial charge in [0.1, 0.15) is 0 Å². The van der Waals surface area contributed by atoms with Crippen LogP contribution >= 0.6 is 0 Å². The topological polar surface area (TPSA) is 107 Å². The van der Waals surface area contributed by atoms with Crippen LogP contribution in [0.25, 0.3) is 0 Å². The van der Waals surface area contributed by atoms with Crippen molar-refractivity contribution in [1.29, 1.82) is 0 Å². The highest BCUT2D eigenvalue weighted by Gasteiger charge is 2.26. The van der Waals surface area contributed by atoms with Crippen molar-refractivity contribution in [1.82, 2.24) is 0 Å². The molecule has 0 bridgehead atoms. The molecule has 0 radical (unpaired) electrons. The van der Waals surface area contributed by atoms with E-state index < -0.39 is 11.9 Å². The van der Waals surface area contributed by atoms with Crippen LogP contribution in [-0.2, 0) is 9.59 Å². The van der Waals surface area contributed by atoms with E-state index in [1.54, 1.807) is 0 Å². The first-order valence-electron chi connectivity index (χ1n) is 12.2. The average molecular weight is 492 g/mol. The number of ether oxygens (including phenoxy) is 1. The molecule has 0 saturated carbocycles. The van der Waals surface area contributed by atoms with Crippen molar-refractivity contribution >= 4 is 23.4 Å². The number of anilines is 1. The lowest BCUT2D eigenvalue weighted by molar-refractivity contribution is -0.142. The predicted molar refractivity (Wildman–Crippen MR) is 144 cm³/mol. The van der Waals surface area contributed by atoms with Crippen molar-refractivity contribution in [3.8, 4) is 5.75 Å². The molecule has 0 saturated heterocycles. The van der Waals surface area contributed by atoms with E-state index in [0.717, 1.165) is 17.6 Å². The summed E-state index contributed by atoms with van der Waals surface area (Å²) in [6, 6.07) is 4.39. The Morgan fingerprint density at radius 2 is 1.83 bits per heavy atom. The second-order valence-electron chi connectivity index (χ2n) is 9.91. The standard InChI is InChI=1S/C30H37NO5/c1-20(11-13-24-22(3)10-7-17-30(24,4)5)8-6-9-21(2)18-26(32)23-12-14-27(25(31)19-23)36-29(35)16-15-28(33)34/h6,8-9,11-14,18-19H,7,10,15-17,31H2,1-5H3,(H,33,34)/b9-6+,13-11+,20-8+,21-18+. The zero-order valence-electron chi connectivity index (χ0n) is 21.9. The Morgan fingerprint density at radius 1 is 1.11 bits per heavy atom. The number of hydrogen-bond donors (Lipinski definition) is 2. The quantitative estimate of drug-likeness (QED) is 0.0936. The Morgan fingerprint density at radius 3 is 2.47 bits per heavy atom. The Balaban J connectivity index is 2.01. The number of esters is 1. The first-order chi connectivity index (χ1) is 16.9. The highest BCUT2D eigenvalue weighted by molar-refractivity contribution is 6.05. The van der Waals surface area contributed by atoms with Gasteiger partial charge in [0.05, 0.1) is 18.5 Å². The average Bonchev–Trinajstić information content (AvgIpc) is 2.78. The molecule has 0 aromatic heterocycles. The van der Waals surface area contributed by atoms with Crippen LogP contribution in [0.1, 0.15) is 77.1 Å². The summed E-state index contributed by atoms with van der Waals surface area (Å²) in [5, 5.41) is 8.64. The molecule has 0 aliphatic heterocycles. The number of rotatable bonds is 10. The molecule has 1 aromatic carbocycles. The number of carbonyl (C=O) groups excluding carboxylic acids is 2. The fourth-order valence-corrected chi connectivity index (χ4v) is 4.15. The Kier molecular flexibility index (Phi) is 10.2. The van der Waals surface area contributed by atoms with Gasteiger partial charge in [-0.15, -0.1) is 0 Å². The van der Waals surface area contributed by atoms with Gasteiger partial charge >= 0.3 is 11.9 Å². The summed E-state index contributed by atoms with van der Waals surface area (Å²) < 4.78 is 5.08. The summed E-state index contributed by atoms with van der Waals surface area (Å²) in [7, 11) is 0.